The molecule has 2 N–H and O–H groups in total. The lowest BCUT2D eigenvalue weighted by molar-refractivity contribution is 0.0685. The molecule has 1 heterocycles. The van der Waals surface area contributed by atoms with Crippen LogP contribution in [0.2, 0.25) is 0 Å². The monoisotopic (exact) mass is 286 g/mol. The standard InChI is InChI=1S/C16H22N4O/c1-19(12-9-7-11(17)8-10-12)16(21)15-13-5-3-4-6-14(13)20(2)18-15/h3-6,11-12H,7-10,17H2,1-2H3. The molecule has 0 radical (unpaired) electrons. The van der Waals surface area contributed by atoms with Crippen LogP contribution in [0.3, 0.4) is 0 Å². The second kappa shape index (κ2) is 5.48. The van der Waals surface area contributed by atoms with Gasteiger partial charge < -0.3 is 10.6 Å². The Hall–Kier alpha value is -1.88. The van der Waals surface area contributed by atoms with Crippen LogP contribution in [-0.2, 0) is 7.05 Å². The number of hydrogen-bond acceptors (Lipinski definition) is 3. The van der Waals surface area contributed by atoms with Crippen molar-refractivity contribution >= 4 is 16.8 Å². The lowest BCUT2D eigenvalue weighted by atomic mass is 9.91. The van der Waals surface area contributed by atoms with E-state index in [1.165, 1.54) is 0 Å². The minimum Gasteiger partial charge on any atom is -0.337 e. The molecule has 0 aliphatic heterocycles. The highest BCUT2D eigenvalue weighted by Gasteiger charge is 2.28. The van der Waals surface area contributed by atoms with E-state index in [9.17, 15) is 4.79 Å². The quantitative estimate of drug-likeness (QED) is 0.917. The number of para-hydroxylation sites is 1. The largest absolute Gasteiger partial charge is 0.337 e. The van der Waals surface area contributed by atoms with Crippen LogP contribution in [0, 0.1) is 0 Å². The summed E-state index contributed by atoms with van der Waals surface area (Å²) >= 11 is 0. The molecule has 0 unspecified atom stereocenters. The van der Waals surface area contributed by atoms with Crippen molar-refractivity contribution in [2.45, 2.75) is 37.8 Å². The summed E-state index contributed by atoms with van der Waals surface area (Å²) in [6, 6.07) is 8.42. The van der Waals surface area contributed by atoms with E-state index in [4.69, 9.17) is 5.73 Å². The van der Waals surface area contributed by atoms with Crippen molar-refractivity contribution in [3.63, 3.8) is 0 Å². The van der Waals surface area contributed by atoms with Crippen LogP contribution in [0.15, 0.2) is 24.3 Å². The van der Waals surface area contributed by atoms with E-state index in [0.717, 1.165) is 36.6 Å². The van der Waals surface area contributed by atoms with Gasteiger partial charge in [-0.2, -0.15) is 5.10 Å². The summed E-state index contributed by atoms with van der Waals surface area (Å²) in [5.41, 5.74) is 7.48. The first kappa shape index (κ1) is 14.1. The Bertz CT molecular complexity index is 655. The van der Waals surface area contributed by atoms with Gasteiger partial charge >= 0.3 is 0 Å². The Morgan fingerprint density at radius 3 is 2.67 bits per heavy atom. The van der Waals surface area contributed by atoms with Gasteiger partial charge in [-0.3, -0.25) is 9.48 Å². The molecule has 1 saturated carbocycles. The third kappa shape index (κ3) is 2.53. The van der Waals surface area contributed by atoms with Crippen LogP contribution in [0.5, 0.6) is 0 Å². The first-order chi connectivity index (χ1) is 10.1. The second-order valence-electron chi connectivity index (χ2n) is 5.97. The van der Waals surface area contributed by atoms with Gasteiger partial charge in [-0.1, -0.05) is 18.2 Å². The number of aromatic nitrogens is 2. The van der Waals surface area contributed by atoms with Crippen LogP contribution < -0.4 is 5.73 Å². The molecule has 0 saturated heterocycles. The summed E-state index contributed by atoms with van der Waals surface area (Å²) in [6.07, 6.45) is 3.94. The molecule has 0 bridgehead atoms. The number of carbonyl (C=O) groups excluding carboxylic acids is 1. The fraction of sp³-hybridized carbons (Fsp3) is 0.500. The number of aryl methyl sites for hydroxylation is 1. The van der Waals surface area contributed by atoms with Crippen LogP contribution in [0.1, 0.15) is 36.2 Å². The van der Waals surface area contributed by atoms with Gasteiger partial charge in [0.2, 0.25) is 0 Å². The van der Waals surface area contributed by atoms with Crippen molar-refractivity contribution < 1.29 is 4.79 Å². The molecule has 1 aliphatic rings. The number of hydrogen-bond donors (Lipinski definition) is 1. The molecule has 3 rings (SSSR count). The van der Waals surface area contributed by atoms with E-state index in [0.29, 0.717) is 11.7 Å². The molecule has 0 atom stereocenters. The molecule has 1 aliphatic carbocycles. The molecular formula is C16H22N4O. The molecule has 1 aromatic carbocycles. The van der Waals surface area contributed by atoms with Gasteiger partial charge in [0.15, 0.2) is 5.69 Å². The predicted molar refractivity (Wildman–Crippen MR) is 83.0 cm³/mol. The van der Waals surface area contributed by atoms with E-state index >= 15 is 0 Å². The van der Waals surface area contributed by atoms with E-state index in [1.54, 1.807) is 4.68 Å². The summed E-state index contributed by atoms with van der Waals surface area (Å²) in [4.78, 5) is 14.6. The molecule has 5 heteroatoms. The lowest BCUT2D eigenvalue weighted by Crippen LogP contribution is -2.42. The minimum absolute atomic E-state index is 0.00673. The maximum Gasteiger partial charge on any atom is 0.274 e. The van der Waals surface area contributed by atoms with Gasteiger partial charge in [0, 0.05) is 31.6 Å². The van der Waals surface area contributed by atoms with Gasteiger partial charge in [-0.25, -0.2) is 0 Å². The Morgan fingerprint density at radius 1 is 1.29 bits per heavy atom. The number of amides is 1. The highest BCUT2D eigenvalue weighted by molar-refractivity contribution is 6.04. The number of benzene rings is 1. The van der Waals surface area contributed by atoms with Crippen molar-refractivity contribution in [2.75, 3.05) is 7.05 Å². The normalized spacial score (nSPS) is 22.4. The van der Waals surface area contributed by atoms with E-state index in [2.05, 4.69) is 5.10 Å². The molecule has 1 amide bonds. The van der Waals surface area contributed by atoms with Crippen molar-refractivity contribution in [3.8, 4) is 0 Å². The van der Waals surface area contributed by atoms with E-state index in [1.807, 2.05) is 43.3 Å². The number of nitrogens with zero attached hydrogens (tertiary/aromatic N) is 3. The van der Waals surface area contributed by atoms with Crippen molar-refractivity contribution in [1.29, 1.82) is 0 Å². The third-order valence-corrected chi connectivity index (χ3v) is 4.57. The summed E-state index contributed by atoms with van der Waals surface area (Å²) in [5.74, 6) is 0.00673. The SMILES string of the molecule is CN(C(=O)c1nn(C)c2ccccc12)C1CCC(N)CC1. The first-order valence-electron chi connectivity index (χ1n) is 7.52. The smallest absolute Gasteiger partial charge is 0.274 e. The number of nitrogens with two attached hydrogens (primary N) is 1. The Balaban J connectivity index is 1.86. The fourth-order valence-electron chi connectivity index (χ4n) is 3.19. The summed E-state index contributed by atoms with van der Waals surface area (Å²) in [6.45, 7) is 0. The maximum atomic E-state index is 12.8. The average molecular weight is 286 g/mol. The number of carbonyl (C=O) groups is 1. The van der Waals surface area contributed by atoms with Crippen LogP contribution in [0.25, 0.3) is 10.9 Å². The Morgan fingerprint density at radius 2 is 1.95 bits per heavy atom. The van der Waals surface area contributed by atoms with Gasteiger partial charge in [0.1, 0.15) is 0 Å². The first-order valence-corrected chi connectivity index (χ1v) is 7.52. The van der Waals surface area contributed by atoms with Crippen molar-refractivity contribution in [2.24, 2.45) is 12.8 Å². The highest BCUT2D eigenvalue weighted by atomic mass is 16.2. The third-order valence-electron chi connectivity index (χ3n) is 4.57. The summed E-state index contributed by atoms with van der Waals surface area (Å²) in [5, 5.41) is 5.34. The lowest BCUT2D eigenvalue weighted by Gasteiger charge is -2.33. The van der Waals surface area contributed by atoms with Gasteiger partial charge in [-0.05, 0) is 31.7 Å². The Labute approximate surface area is 124 Å². The number of rotatable bonds is 2. The summed E-state index contributed by atoms with van der Waals surface area (Å²) < 4.78 is 1.77. The van der Waals surface area contributed by atoms with Gasteiger partial charge in [0.25, 0.3) is 5.91 Å². The molecule has 21 heavy (non-hydrogen) atoms. The topological polar surface area (TPSA) is 64.2 Å². The van der Waals surface area contributed by atoms with Crippen LogP contribution in [0.4, 0.5) is 0 Å². The predicted octanol–water partition coefficient (Wildman–Crippen LogP) is 1.92. The summed E-state index contributed by atoms with van der Waals surface area (Å²) in [7, 11) is 3.76. The molecule has 112 valence electrons. The minimum atomic E-state index is 0.00673. The second-order valence-corrected chi connectivity index (χ2v) is 5.97. The highest BCUT2D eigenvalue weighted by Crippen LogP contribution is 2.24. The molecule has 1 aromatic heterocycles. The Kier molecular flexibility index (Phi) is 3.68. The van der Waals surface area contributed by atoms with Gasteiger partial charge in [-0.15, -0.1) is 0 Å². The molecule has 2 aromatic rings. The van der Waals surface area contributed by atoms with Crippen LogP contribution >= 0.6 is 0 Å². The molecule has 5 nitrogen and oxygen atoms in total. The van der Waals surface area contributed by atoms with Crippen molar-refractivity contribution in [1.82, 2.24) is 14.7 Å². The van der Waals surface area contributed by atoms with Crippen molar-refractivity contribution in [3.05, 3.63) is 30.0 Å². The average Bonchev–Trinajstić information content (AvgIpc) is 2.84. The number of fused-ring (bicyclic) bond motifs is 1. The molecular weight excluding hydrogens is 264 g/mol. The van der Waals surface area contributed by atoms with E-state index < -0.39 is 0 Å². The van der Waals surface area contributed by atoms with Crippen LogP contribution in [-0.4, -0.2) is 39.7 Å². The maximum absolute atomic E-state index is 12.8. The van der Waals surface area contributed by atoms with Gasteiger partial charge in [0.05, 0.1) is 5.52 Å². The fourth-order valence-corrected chi connectivity index (χ4v) is 3.19. The zero-order valence-electron chi connectivity index (χ0n) is 12.6. The molecule has 0 spiro atoms. The van der Waals surface area contributed by atoms with E-state index in [-0.39, 0.29) is 11.9 Å². The zero-order valence-corrected chi connectivity index (χ0v) is 12.6. The molecule has 1 fully saturated rings. The zero-order chi connectivity index (χ0) is 15.0.